The molecule has 1 N–H and O–H groups in total. The van der Waals surface area contributed by atoms with Crippen molar-refractivity contribution in [2.24, 2.45) is 0 Å². The molecular weight excluding hydrogens is 506 g/mol. The van der Waals surface area contributed by atoms with Gasteiger partial charge in [-0.2, -0.15) is 0 Å². The van der Waals surface area contributed by atoms with Crippen LogP contribution in [0.4, 0.5) is 0 Å². The number of carbonyl (C=O) groups is 1. The van der Waals surface area contributed by atoms with Gasteiger partial charge in [0.15, 0.2) is 0 Å². The van der Waals surface area contributed by atoms with Crippen molar-refractivity contribution < 1.29 is 28.8 Å². The number of benzene rings is 4. The number of aromatic nitrogens is 1. The van der Waals surface area contributed by atoms with Gasteiger partial charge in [-0.3, -0.25) is 0 Å². The minimum Gasteiger partial charge on any atom is -0.497 e. The summed E-state index contributed by atoms with van der Waals surface area (Å²) >= 11 is 0. The molecule has 0 unspecified atom stereocenters. The van der Waals surface area contributed by atoms with Gasteiger partial charge in [-0.25, -0.2) is 4.79 Å². The number of rotatable bonds is 7. The first-order valence-electron chi connectivity index (χ1n) is 13.5. The maximum atomic E-state index is 12.7. The molecule has 6 rings (SSSR count). The Kier molecular flexibility index (Phi) is 7.29. The molecule has 0 spiro atoms. The molecule has 2 bridgehead atoms. The van der Waals surface area contributed by atoms with Gasteiger partial charge in [-0.05, 0) is 47.6 Å². The monoisotopic (exact) mass is 537 g/mol. The summed E-state index contributed by atoms with van der Waals surface area (Å²) in [6, 6.07) is 25.9. The summed E-state index contributed by atoms with van der Waals surface area (Å²) < 4.78 is 25.4. The molecule has 2 heterocycles. The number of ether oxygens (including phenoxy) is 4. The Bertz CT molecular complexity index is 1680. The number of para-hydroxylation sites is 1. The van der Waals surface area contributed by atoms with Crippen LogP contribution in [0.5, 0.6) is 17.2 Å². The largest absolute Gasteiger partial charge is 0.497 e. The number of methoxy groups -OCH3 is 1. The molecule has 5 aromatic rings. The summed E-state index contributed by atoms with van der Waals surface area (Å²) in [6.07, 6.45) is 1.23. The SMILES string of the molecule is COc1cc2cc(c1)-c1cccc3c(CCCOc4cccc5ccccc45)c(C(=O)O)n(c13)CCOCCO2. The average Bonchev–Trinajstić information content (AvgIpc) is 3.30. The summed E-state index contributed by atoms with van der Waals surface area (Å²) in [4.78, 5) is 12.7. The van der Waals surface area contributed by atoms with E-state index in [1.807, 2.05) is 65.2 Å². The molecule has 0 saturated carbocycles. The lowest BCUT2D eigenvalue weighted by Crippen LogP contribution is -2.16. The highest BCUT2D eigenvalue weighted by atomic mass is 16.5. The third kappa shape index (κ3) is 4.96. The smallest absolute Gasteiger partial charge is 0.352 e. The Morgan fingerprint density at radius 2 is 1.77 bits per heavy atom. The van der Waals surface area contributed by atoms with Crippen LogP contribution in [0.15, 0.2) is 78.9 Å². The van der Waals surface area contributed by atoms with E-state index in [1.165, 1.54) is 0 Å². The van der Waals surface area contributed by atoms with Gasteiger partial charge in [0.2, 0.25) is 0 Å². The van der Waals surface area contributed by atoms with Crippen molar-refractivity contribution in [3.8, 4) is 28.4 Å². The van der Waals surface area contributed by atoms with Crippen LogP contribution in [0.1, 0.15) is 22.5 Å². The number of carboxylic acid groups (broad SMARTS) is 1. The van der Waals surface area contributed by atoms with Crippen LogP contribution in [0.3, 0.4) is 0 Å². The number of hydrogen-bond acceptors (Lipinski definition) is 5. The second-order valence-corrected chi connectivity index (χ2v) is 9.77. The second-order valence-electron chi connectivity index (χ2n) is 9.77. The van der Waals surface area contributed by atoms with Crippen LogP contribution >= 0.6 is 0 Å². The number of fused-ring (bicyclic) bond motifs is 4. The first kappa shape index (κ1) is 25.8. The molecule has 0 fully saturated rings. The van der Waals surface area contributed by atoms with E-state index >= 15 is 0 Å². The molecule has 0 radical (unpaired) electrons. The molecule has 1 aliphatic heterocycles. The number of aromatic carboxylic acids is 1. The van der Waals surface area contributed by atoms with Crippen molar-refractivity contribution in [2.75, 3.05) is 33.5 Å². The molecular formula is C33H31NO6. The summed E-state index contributed by atoms with van der Waals surface area (Å²) in [7, 11) is 1.62. The third-order valence-electron chi connectivity index (χ3n) is 7.35. The number of aryl methyl sites for hydroxylation is 1. The Morgan fingerprint density at radius 3 is 2.65 bits per heavy atom. The van der Waals surface area contributed by atoms with Gasteiger partial charge in [0.05, 0.1) is 32.4 Å². The number of hydrogen-bond donors (Lipinski definition) is 1. The van der Waals surface area contributed by atoms with Crippen molar-refractivity contribution in [3.05, 3.63) is 90.1 Å². The van der Waals surface area contributed by atoms with E-state index in [1.54, 1.807) is 7.11 Å². The van der Waals surface area contributed by atoms with Gasteiger partial charge in [0.1, 0.15) is 29.5 Å². The van der Waals surface area contributed by atoms with Crippen LogP contribution in [-0.4, -0.2) is 49.2 Å². The Morgan fingerprint density at radius 1 is 0.950 bits per heavy atom. The van der Waals surface area contributed by atoms with E-state index in [0.717, 1.165) is 44.1 Å². The fraction of sp³-hybridized carbons (Fsp3) is 0.242. The molecule has 204 valence electrons. The van der Waals surface area contributed by atoms with Crippen LogP contribution in [-0.2, 0) is 17.7 Å². The van der Waals surface area contributed by atoms with Gasteiger partial charge in [0, 0.05) is 28.9 Å². The molecule has 0 saturated heterocycles. The van der Waals surface area contributed by atoms with Crippen LogP contribution in [0.2, 0.25) is 0 Å². The Labute approximate surface area is 232 Å². The summed E-state index contributed by atoms with van der Waals surface area (Å²) in [5.41, 5.74) is 3.80. The maximum absolute atomic E-state index is 12.7. The Balaban J connectivity index is 1.38. The van der Waals surface area contributed by atoms with Crippen molar-refractivity contribution in [3.63, 3.8) is 0 Å². The van der Waals surface area contributed by atoms with E-state index in [9.17, 15) is 9.90 Å². The highest BCUT2D eigenvalue weighted by Crippen LogP contribution is 2.38. The Hall–Kier alpha value is -4.49. The zero-order valence-corrected chi connectivity index (χ0v) is 22.4. The minimum absolute atomic E-state index is 0.299. The quantitative estimate of drug-likeness (QED) is 0.236. The zero-order valence-electron chi connectivity index (χ0n) is 22.4. The summed E-state index contributed by atoms with van der Waals surface area (Å²) in [5.74, 6) is 1.23. The van der Waals surface area contributed by atoms with Crippen LogP contribution < -0.4 is 14.2 Å². The summed E-state index contributed by atoms with van der Waals surface area (Å²) in [5, 5.41) is 13.5. The van der Waals surface area contributed by atoms with Crippen molar-refractivity contribution in [1.29, 1.82) is 0 Å². The maximum Gasteiger partial charge on any atom is 0.352 e. The molecule has 0 atom stereocenters. The van der Waals surface area contributed by atoms with Crippen LogP contribution in [0.25, 0.3) is 32.8 Å². The predicted octanol–water partition coefficient (Wildman–Crippen LogP) is 6.59. The minimum atomic E-state index is -0.950. The molecule has 7 heteroatoms. The van der Waals surface area contributed by atoms with Gasteiger partial charge >= 0.3 is 5.97 Å². The topological polar surface area (TPSA) is 79.2 Å². The molecule has 0 aliphatic carbocycles. The van der Waals surface area contributed by atoms with E-state index in [-0.39, 0.29) is 0 Å². The number of nitrogens with zero attached hydrogens (tertiary/aromatic N) is 1. The van der Waals surface area contributed by atoms with Crippen molar-refractivity contribution >= 4 is 27.6 Å². The van der Waals surface area contributed by atoms with Crippen LogP contribution in [0, 0.1) is 0 Å². The normalized spacial score (nSPS) is 13.3. The fourth-order valence-corrected chi connectivity index (χ4v) is 5.59. The lowest BCUT2D eigenvalue weighted by molar-refractivity contribution is 0.0675. The third-order valence-corrected chi connectivity index (χ3v) is 7.35. The highest BCUT2D eigenvalue weighted by Gasteiger charge is 2.25. The first-order valence-corrected chi connectivity index (χ1v) is 13.5. The molecule has 1 aliphatic rings. The van der Waals surface area contributed by atoms with Gasteiger partial charge in [-0.1, -0.05) is 54.6 Å². The second kappa shape index (κ2) is 11.3. The summed E-state index contributed by atoms with van der Waals surface area (Å²) in [6.45, 7) is 2.06. The first-order chi connectivity index (χ1) is 19.6. The fourth-order valence-electron chi connectivity index (χ4n) is 5.59. The molecule has 40 heavy (non-hydrogen) atoms. The van der Waals surface area contributed by atoms with Gasteiger partial charge < -0.3 is 28.6 Å². The van der Waals surface area contributed by atoms with Gasteiger partial charge in [-0.15, -0.1) is 0 Å². The lowest BCUT2D eigenvalue weighted by Gasteiger charge is -2.16. The lowest BCUT2D eigenvalue weighted by atomic mass is 9.99. The highest BCUT2D eigenvalue weighted by molar-refractivity contribution is 6.04. The van der Waals surface area contributed by atoms with Crippen molar-refractivity contribution in [2.45, 2.75) is 19.4 Å². The average molecular weight is 538 g/mol. The van der Waals surface area contributed by atoms with E-state index in [2.05, 4.69) is 18.2 Å². The molecule has 0 amide bonds. The number of carboxylic acids is 1. The predicted molar refractivity (Wildman–Crippen MR) is 155 cm³/mol. The molecule has 7 nitrogen and oxygen atoms in total. The molecule has 4 aromatic carbocycles. The van der Waals surface area contributed by atoms with E-state index in [4.69, 9.17) is 18.9 Å². The van der Waals surface area contributed by atoms with E-state index < -0.39 is 5.97 Å². The standard InChI is InChI=1S/C33H31NO6/c1-37-24-19-23-20-25(21-24)39-18-17-38-16-14-34-31-27(23)10-5-11-28(31)29(32(34)33(35)36)12-6-15-40-30-13-4-8-22-7-2-3-9-26(22)30/h2-5,7-11,13,19-21H,6,12,14-18H2,1H3,(H,35,36). The zero-order chi connectivity index (χ0) is 27.5. The van der Waals surface area contributed by atoms with E-state index in [0.29, 0.717) is 63.0 Å². The molecule has 1 aromatic heterocycles. The van der Waals surface area contributed by atoms with Crippen molar-refractivity contribution in [1.82, 2.24) is 4.57 Å². The van der Waals surface area contributed by atoms with Gasteiger partial charge in [0.25, 0.3) is 0 Å².